The number of nitrogens with one attached hydrogen (secondary N) is 4. The minimum atomic E-state index is -3.70. The third-order valence-corrected chi connectivity index (χ3v) is 6.68. The molecule has 1 heterocycles. The highest BCUT2D eigenvalue weighted by Crippen LogP contribution is 2.27. The third kappa shape index (κ3) is 4.96. The smallest absolute Gasteiger partial charge is 0.261 e. The lowest BCUT2D eigenvalue weighted by atomic mass is 9.94. The molecule has 1 aliphatic heterocycles. The van der Waals surface area contributed by atoms with E-state index < -0.39 is 15.9 Å². The van der Waals surface area contributed by atoms with E-state index in [-0.39, 0.29) is 22.7 Å². The Labute approximate surface area is 186 Å². The molecule has 1 amide bonds. The summed E-state index contributed by atoms with van der Waals surface area (Å²) in [5, 5.41) is 2.85. The van der Waals surface area contributed by atoms with Crippen LogP contribution in [0.15, 0.2) is 77.7 Å². The van der Waals surface area contributed by atoms with Crippen LogP contribution in [0.4, 0.5) is 15.8 Å². The van der Waals surface area contributed by atoms with Crippen molar-refractivity contribution in [3.63, 3.8) is 0 Å². The Morgan fingerprint density at radius 2 is 1.56 bits per heavy atom. The lowest BCUT2D eigenvalue weighted by molar-refractivity contribution is -0.119. The molecule has 4 N–H and O–H groups in total. The number of rotatable bonds is 6. The summed E-state index contributed by atoms with van der Waals surface area (Å²) in [6, 6.07) is 18.7. The second kappa shape index (κ2) is 9.07. The Balaban J connectivity index is 1.41. The molecule has 0 aliphatic carbocycles. The molecule has 0 radical (unpaired) electrons. The van der Waals surface area contributed by atoms with Crippen LogP contribution in [0.2, 0.25) is 0 Å². The molecule has 3 aromatic carbocycles. The minimum absolute atomic E-state index is 0.175. The van der Waals surface area contributed by atoms with Crippen LogP contribution in [0.5, 0.6) is 0 Å². The number of sulfonamides is 1. The van der Waals surface area contributed by atoms with E-state index in [9.17, 15) is 17.6 Å². The van der Waals surface area contributed by atoms with Crippen LogP contribution in [0, 0.1) is 18.7 Å². The van der Waals surface area contributed by atoms with E-state index in [4.69, 9.17) is 0 Å². The van der Waals surface area contributed by atoms with Crippen LogP contribution >= 0.6 is 0 Å². The summed E-state index contributed by atoms with van der Waals surface area (Å²) in [5.41, 5.74) is 8.73. The first-order chi connectivity index (χ1) is 15.3. The molecule has 0 bridgehead atoms. The molecule has 1 saturated heterocycles. The monoisotopic (exact) mass is 454 g/mol. The third-order valence-electron chi connectivity index (χ3n) is 5.28. The van der Waals surface area contributed by atoms with Crippen molar-refractivity contribution in [3.05, 3.63) is 89.7 Å². The van der Waals surface area contributed by atoms with Crippen LogP contribution in [0.25, 0.3) is 0 Å². The van der Waals surface area contributed by atoms with Crippen molar-refractivity contribution in [3.8, 4) is 0 Å². The van der Waals surface area contributed by atoms with Crippen LogP contribution in [-0.4, -0.2) is 20.9 Å². The van der Waals surface area contributed by atoms with Gasteiger partial charge in [0.2, 0.25) is 5.91 Å². The fourth-order valence-electron chi connectivity index (χ4n) is 3.52. The van der Waals surface area contributed by atoms with Crippen molar-refractivity contribution in [1.29, 1.82) is 0 Å². The highest BCUT2D eigenvalue weighted by atomic mass is 32.2. The number of anilines is 2. The Morgan fingerprint density at radius 3 is 2.22 bits per heavy atom. The minimum Gasteiger partial charge on any atom is -0.326 e. The van der Waals surface area contributed by atoms with Gasteiger partial charge in [-0.3, -0.25) is 14.9 Å². The van der Waals surface area contributed by atoms with Gasteiger partial charge in [0.05, 0.1) is 16.9 Å². The Bertz CT molecular complexity index is 1200. The Hall–Kier alpha value is -3.27. The van der Waals surface area contributed by atoms with Crippen LogP contribution in [0.3, 0.4) is 0 Å². The van der Waals surface area contributed by atoms with Gasteiger partial charge in [0, 0.05) is 17.9 Å². The Kier molecular flexibility index (Phi) is 6.22. The van der Waals surface area contributed by atoms with Gasteiger partial charge in [-0.25, -0.2) is 18.2 Å². The van der Waals surface area contributed by atoms with Crippen molar-refractivity contribution in [2.45, 2.75) is 17.9 Å². The first kappa shape index (κ1) is 21.9. The Morgan fingerprint density at radius 1 is 0.938 bits per heavy atom. The van der Waals surface area contributed by atoms with Crippen molar-refractivity contribution in [2.24, 2.45) is 5.92 Å². The van der Waals surface area contributed by atoms with Gasteiger partial charge in [0.25, 0.3) is 10.0 Å². The van der Waals surface area contributed by atoms with E-state index in [1.54, 1.807) is 60.7 Å². The maximum absolute atomic E-state index is 13.2. The molecule has 1 aliphatic rings. The highest BCUT2D eigenvalue weighted by molar-refractivity contribution is 7.92. The topological polar surface area (TPSA) is 99.3 Å². The van der Waals surface area contributed by atoms with Gasteiger partial charge in [-0.05, 0) is 61.0 Å². The molecule has 0 saturated carbocycles. The quantitative estimate of drug-likeness (QED) is 0.458. The zero-order valence-corrected chi connectivity index (χ0v) is 18.1. The molecule has 2 unspecified atom stereocenters. The summed E-state index contributed by atoms with van der Waals surface area (Å²) in [6.07, 6.45) is 0. The zero-order valence-electron chi connectivity index (χ0n) is 17.3. The number of halogens is 1. The largest absolute Gasteiger partial charge is 0.326 e. The fourth-order valence-corrected chi connectivity index (χ4v) is 4.57. The average Bonchev–Trinajstić information content (AvgIpc) is 3.26. The molecule has 1 fully saturated rings. The molecule has 9 heteroatoms. The van der Waals surface area contributed by atoms with Crippen LogP contribution in [-0.2, 0) is 14.8 Å². The number of aryl methyl sites for hydroxylation is 1. The van der Waals surface area contributed by atoms with Gasteiger partial charge in [-0.1, -0.05) is 29.8 Å². The van der Waals surface area contributed by atoms with E-state index in [0.29, 0.717) is 17.9 Å². The van der Waals surface area contributed by atoms with Crippen molar-refractivity contribution >= 4 is 27.3 Å². The van der Waals surface area contributed by atoms with E-state index >= 15 is 0 Å². The molecule has 0 spiro atoms. The highest BCUT2D eigenvalue weighted by Gasteiger charge is 2.34. The van der Waals surface area contributed by atoms with E-state index in [0.717, 1.165) is 11.1 Å². The van der Waals surface area contributed by atoms with Gasteiger partial charge in [-0.2, -0.15) is 0 Å². The standard InChI is InChI=1S/C23H23FN4O3S/c1-15-2-12-20(13-3-15)32(30,31)28-19-10-8-18(9-11-19)26-23(29)21-14-25-27-22(21)16-4-6-17(24)7-5-16/h2-13,21-22,25,27-28H,14H2,1H3,(H,26,29). The summed E-state index contributed by atoms with van der Waals surface area (Å²) in [7, 11) is -3.70. The molecule has 4 rings (SSSR count). The number of hydrogen-bond acceptors (Lipinski definition) is 5. The van der Waals surface area contributed by atoms with Crippen molar-refractivity contribution in [2.75, 3.05) is 16.6 Å². The SMILES string of the molecule is Cc1ccc(S(=O)(=O)Nc2ccc(NC(=O)C3CNNC3c3ccc(F)cc3)cc2)cc1. The van der Waals surface area contributed by atoms with Crippen molar-refractivity contribution in [1.82, 2.24) is 10.9 Å². The van der Waals surface area contributed by atoms with Crippen LogP contribution < -0.4 is 20.9 Å². The lowest BCUT2D eigenvalue weighted by Crippen LogP contribution is -2.29. The predicted octanol–water partition coefficient (Wildman–Crippen LogP) is 3.34. The zero-order chi connectivity index (χ0) is 22.7. The average molecular weight is 455 g/mol. The second-order valence-corrected chi connectivity index (χ2v) is 9.33. The number of hydrazine groups is 1. The normalized spacial score (nSPS) is 18.3. The molecule has 7 nitrogen and oxygen atoms in total. The maximum atomic E-state index is 13.2. The summed E-state index contributed by atoms with van der Waals surface area (Å²) >= 11 is 0. The van der Waals surface area contributed by atoms with Crippen LogP contribution in [0.1, 0.15) is 17.2 Å². The van der Waals surface area contributed by atoms with Gasteiger partial charge in [0.1, 0.15) is 5.82 Å². The van der Waals surface area contributed by atoms with E-state index in [1.807, 2.05) is 6.92 Å². The summed E-state index contributed by atoms with van der Waals surface area (Å²) in [6.45, 7) is 2.30. The maximum Gasteiger partial charge on any atom is 0.261 e. The number of benzene rings is 3. The molecule has 2 atom stereocenters. The molecular formula is C23H23FN4O3S. The summed E-state index contributed by atoms with van der Waals surface area (Å²) < 4.78 is 40.8. The van der Waals surface area contributed by atoms with E-state index in [2.05, 4.69) is 20.9 Å². The number of carbonyl (C=O) groups is 1. The summed E-state index contributed by atoms with van der Waals surface area (Å²) in [5.74, 6) is -0.941. The molecule has 32 heavy (non-hydrogen) atoms. The molecule has 3 aromatic rings. The molecule has 0 aromatic heterocycles. The second-order valence-electron chi connectivity index (χ2n) is 7.65. The number of carbonyl (C=O) groups excluding carboxylic acids is 1. The van der Waals surface area contributed by atoms with Gasteiger partial charge in [0.15, 0.2) is 0 Å². The predicted molar refractivity (Wildman–Crippen MR) is 121 cm³/mol. The van der Waals surface area contributed by atoms with Gasteiger partial charge >= 0.3 is 0 Å². The van der Waals surface area contributed by atoms with Crippen molar-refractivity contribution < 1.29 is 17.6 Å². The first-order valence-corrected chi connectivity index (χ1v) is 11.5. The van der Waals surface area contributed by atoms with Gasteiger partial charge in [-0.15, -0.1) is 0 Å². The molecular weight excluding hydrogens is 431 g/mol. The van der Waals surface area contributed by atoms with Gasteiger partial charge < -0.3 is 5.32 Å². The fraction of sp³-hybridized carbons (Fsp3) is 0.174. The first-order valence-electron chi connectivity index (χ1n) is 10.1. The number of amides is 1. The van der Waals surface area contributed by atoms with E-state index in [1.165, 1.54) is 12.1 Å². The molecule has 166 valence electrons. The lowest BCUT2D eigenvalue weighted by Gasteiger charge is -2.18. The number of hydrogen-bond donors (Lipinski definition) is 4. The summed E-state index contributed by atoms with van der Waals surface area (Å²) in [4.78, 5) is 13.0.